The molecular weight excluding hydrogens is 456 g/mol. The Bertz CT molecular complexity index is 3160. The van der Waals surface area contributed by atoms with Crippen LogP contribution in [-0.2, 0) is 11.8 Å². The first-order valence-corrected chi connectivity index (χ1v) is 12.0. The molecule has 7 aromatic rings. The second-order valence-electron chi connectivity index (χ2n) is 9.76. The van der Waals surface area contributed by atoms with Crippen LogP contribution in [0.5, 0.6) is 0 Å². The van der Waals surface area contributed by atoms with Crippen molar-refractivity contribution in [1.82, 2.24) is 0 Å². The molecule has 1 aliphatic carbocycles. The lowest BCUT2D eigenvalue weighted by molar-refractivity contribution is 0.645. The fourth-order valence-corrected chi connectivity index (χ4v) is 5.43. The molecule has 0 fully saturated rings. The maximum absolute atomic E-state index is 9.74. The molecule has 7 aromatic carbocycles. The molecule has 0 aromatic heterocycles. The lowest BCUT2D eigenvalue weighted by Gasteiger charge is -2.35. The van der Waals surface area contributed by atoms with E-state index < -0.39 is 143 Å². The van der Waals surface area contributed by atoms with Gasteiger partial charge < -0.3 is 0 Å². The smallest absolute Gasteiger partial charge is 0.0616 e. The third-order valence-corrected chi connectivity index (χ3v) is 7.26. The summed E-state index contributed by atoms with van der Waals surface area (Å²) in [5, 5.41) is -2.30. The highest BCUT2D eigenvalue weighted by Gasteiger charge is 2.33. The maximum atomic E-state index is 9.74. The fraction of sp³-hybridized carbons (Fsp3) is 0.105. The summed E-state index contributed by atoms with van der Waals surface area (Å²) in [6.45, 7) is 3.17. The lowest BCUT2D eigenvalue weighted by Crippen LogP contribution is -2.23. The Hall–Kier alpha value is -4.42. The summed E-state index contributed by atoms with van der Waals surface area (Å²) in [5.74, 6) is 0. The average Bonchev–Trinajstić information content (AvgIpc) is 3.17. The van der Waals surface area contributed by atoms with Crippen molar-refractivity contribution in [3.05, 3.63) is 143 Å². The standard InChI is InChI=1S/C38H28/c1-38(2)35-20-17-24(22-34(35)31-15-7-11-26-12-8-16-36(38)37(26)31)21-32-29-14-6-4-10-27(29)23-33-28-13-5-3-9-25(28)18-19-30(32)33/h3-20,22-23H,21H2,1-2H3/i3D,4D,5D,6D,7D,8D,9D,10D,11D,12D,13D,14D,15D,16D,17D,18D,19D,20D,22D,23D. The van der Waals surface area contributed by atoms with E-state index in [1.54, 1.807) is 13.8 Å². The molecule has 0 saturated heterocycles. The van der Waals surface area contributed by atoms with Crippen molar-refractivity contribution in [3.63, 3.8) is 0 Å². The zero-order chi connectivity index (χ0) is 42.8. The van der Waals surface area contributed by atoms with E-state index in [0.717, 1.165) is 0 Å². The van der Waals surface area contributed by atoms with Crippen LogP contribution in [0.15, 0.2) is 121 Å². The van der Waals surface area contributed by atoms with E-state index in [1.807, 2.05) is 0 Å². The molecule has 180 valence electrons. The first-order valence-electron chi connectivity index (χ1n) is 22.0. The predicted octanol–water partition coefficient (Wildman–Crippen LogP) is 10.2. The summed E-state index contributed by atoms with van der Waals surface area (Å²) in [5.41, 5.74) is -2.15. The second kappa shape index (κ2) is 7.79. The van der Waals surface area contributed by atoms with Crippen LogP contribution < -0.4 is 0 Å². The molecule has 8 rings (SSSR count). The van der Waals surface area contributed by atoms with Crippen LogP contribution in [0.25, 0.3) is 54.2 Å². The van der Waals surface area contributed by atoms with Gasteiger partial charge in [0.05, 0.1) is 27.4 Å². The van der Waals surface area contributed by atoms with Gasteiger partial charge in [0.15, 0.2) is 0 Å². The fourth-order valence-electron chi connectivity index (χ4n) is 5.43. The first kappa shape index (κ1) is 9.71. The van der Waals surface area contributed by atoms with Crippen LogP contribution >= 0.6 is 0 Å². The highest BCUT2D eigenvalue weighted by Crippen LogP contribution is 2.49. The predicted molar refractivity (Wildman–Crippen MR) is 163 cm³/mol. The molecule has 0 heteroatoms. The van der Waals surface area contributed by atoms with Gasteiger partial charge in [-0.15, -0.1) is 0 Å². The molecule has 0 aliphatic heterocycles. The van der Waals surface area contributed by atoms with E-state index in [1.165, 1.54) is 0 Å². The van der Waals surface area contributed by atoms with Gasteiger partial charge in [0, 0.05) is 5.41 Å². The minimum absolute atomic E-state index is 0.00236. The lowest BCUT2D eigenvalue weighted by atomic mass is 9.68. The highest BCUT2D eigenvalue weighted by atomic mass is 14.4. The molecule has 0 amide bonds. The van der Waals surface area contributed by atoms with Gasteiger partial charge in [-0.3, -0.25) is 0 Å². The van der Waals surface area contributed by atoms with Gasteiger partial charge in [-0.25, -0.2) is 0 Å². The first-order chi connectivity index (χ1) is 26.9. The van der Waals surface area contributed by atoms with Crippen molar-refractivity contribution < 1.29 is 27.4 Å². The molecule has 38 heavy (non-hydrogen) atoms. The van der Waals surface area contributed by atoms with Crippen molar-refractivity contribution in [1.29, 1.82) is 0 Å². The van der Waals surface area contributed by atoms with E-state index >= 15 is 0 Å². The van der Waals surface area contributed by atoms with E-state index in [9.17, 15) is 6.85 Å². The van der Waals surface area contributed by atoms with Crippen LogP contribution in [0.4, 0.5) is 0 Å². The van der Waals surface area contributed by atoms with Gasteiger partial charge in [0.1, 0.15) is 0 Å². The normalized spacial score (nSPS) is 21.2. The van der Waals surface area contributed by atoms with Crippen molar-refractivity contribution in [3.8, 4) is 11.1 Å². The topological polar surface area (TPSA) is 0 Å². The van der Waals surface area contributed by atoms with Gasteiger partial charge >= 0.3 is 0 Å². The molecule has 0 atom stereocenters. The molecule has 0 nitrogen and oxygen atoms in total. The van der Waals surface area contributed by atoms with Crippen LogP contribution in [0, 0.1) is 0 Å². The Kier molecular flexibility index (Phi) is 1.99. The number of benzene rings is 7. The van der Waals surface area contributed by atoms with Gasteiger partial charge in [0.25, 0.3) is 0 Å². The van der Waals surface area contributed by atoms with Crippen molar-refractivity contribution in [2.45, 2.75) is 25.7 Å². The maximum Gasteiger partial charge on any atom is 0.0636 e. The van der Waals surface area contributed by atoms with Gasteiger partial charge in [0.2, 0.25) is 0 Å². The van der Waals surface area contributed by atoms with E-state index in [-0.39, 0.29) is 65.7 Å². The number of hydrogen-bond donors (Lipinski definition) is 0. The molecular formula is C38H28. The molecule has 0 radical (unpaired) electrons. The summed E-state index contributed by atoms with van der Waals surface area (Å²) in [6, 6.07) is -12.4. The van der Waals surface area contributed by atoms with E-state index in [2.05, 4.69) is 0 Å². The summed E-state index contributed by atoms with van der Waals surface area (Å²) >= 11 is 0. The highest BCUT2D eigenvalue weighted by molar-refractivity contribution is 6.14. The second-order valence-corrected chi connectivity index (χ2v) is 9.76. The van der Waals surface area contributed by atoms with Gasteiger partial charge in [-0.2, -0.15) is 0 Å². The van der Waals surface area contributed by atoms with Crippen molar-refractivity contribution in [2.24, 2.45) is 0 Å². The summed E-state index contributed by atoms with van der Waals surface area (Å²) in [7, 11) is 0. The third-order valence-electron chi connectivity index (χ3n) is 7.26. The third kappa shape index (κ3) is 2.98. The van der Waals surface area contributed by atoms with Crippen LogP contribution in [0.2, 0.25) is 0 Å². The molecule has 0 saturated carbocycles. The number of fused-ring (bicyclic) bond motifs is 6. The summed E-state index contributed by atoms with van der Waals surface area (Å²) in [4.78, 5) is 0. The van der Waals surface area contributed by atoms with Crippen molar-refractivity contribution in [2.75, 3.05) is 0 Å². The quantitative estimate of drug-likeness (QED) is 0.162. The van der Waals surface area contributed by atoms with Gasteiger partial charge in [-0.1, -0.05) is 129 Å². The molecule has 1 aliphatic rings. The Morgan fingerprint density at radius 1 is 0.526 bits per heavy atom. The van der Waals surface area contributed by atoms with E-state index in [0.29, 0.717) is 0 Å². The van der Waals surface area contributed by atoms with Gasteiger partial charge in [-0.05, 0) is 88.9 Å². The number of hydrogen-bond acceptors (Lipinski definition) is 0. The minimum atomic E-state index is -1.44. The minimum Gasteiger partial charge on any atom is -0.0616 e. The van der Waals surface area contributed by atoms with E-state index in [4.69, 9.17) is 20.6 Å². The molecule has 0 spiro atoms. The Morgan fingerprint density at radius 3 is 2.13 bits per heavy atom. The molecule has 0 heterocycles. The zero-order valence-electron chi connectivity index (χ0n) is 40.2. The largest absolute Gasteiger partial charge is 0.0636 e. The monoisotopic (exact) mass is 504 g/mol. The molecule has 0 unspecified atom stereocenters. The Balaban J connectivity index is 1.62. The Morgan fingerprint density at radius 2 is 1.26 bits per heavy atom. The summed E-state index contributed by atoms with van der Waals surface area (Å²) < 4.78 is 178. The number of rotatable bonds is 2. The molecule has 0 N–H and O–H groups in total. The van der Waals surface area contributed by atoms with Crippen LogP contribution in [0.1, 0.15) is 63.5 Å². The summed E-state index contributed by atoms with van der Waals surface area (Å²) in [6.07, 6.45) is -0.665. The van der Waals surface area contributed by atoms with Crippen LogP contribution in [-0.4, -0.2) is 0 Å². The Labute approximate surface area is 251 Å². The van der Waals surface area contributed by atoms with Crippen molar-refractivity contribution >= 4 is 43.1 Å². The molecule has 0 bridgehead atoms. The average molecular weight is 505 g/mol. The van der Waals surface area contributed by atoms with Crippen LogP contribution in [0.3, 0.4) is 0 Å². The zero-order valence-corrected chi connectivity index (χ0v) is 20.2. The SMILES string of the molecule is [2H]c1c([2H])c2c(c([2H])c1Cc1c3c([2H])c([2H])c([2H])c([2H])c3c([2H])c3c1c([2H])c([2H])c1c([2H])c([2H])c([2H])c([2H])c13)-c1c([2H])c([2H])c([2H])c3c([2H])c([2H])c([2H])c(c13)C2(C)C.